The Balaban J connectivity index is 2.07. The Morgan fingerprint density at radius 1 is 1.10 bits per heavy atom. The average molecular weight is 270 g/mol. The quantitative estimate of drug-likeness (QED) is 0.924. The summed E-state index contributed by atoms with van der Waals surface area (Å²) in [5, 5.41) is 5.99. The maximum Gasteiger partial charge on any atom is 0.143 e. The molecule has 3 nitrogen and oxygen atoms in total. The number of anilines is 1. The van der Waals surface area contributed by atoms with Crippen LogP contribution in [0.25, 0.3) is 10.8 Å². The molecule has 0 aromatic heterocycles. The van der Waals surface area contributed by atoms with E-state index in [1.54, 1.807) is 0 Å². The lowest BCUT2D eigenvalue weighted by Crippen LogP contribution is -2.43. The van der Waals surface area contributed by atoms with Crippen molar-refractivity contribution in [3.63, 3.8) is 0 Å². The highest BCUT2D eigenvalue weighted by atomic mass is 16.5. The summed E-state index contributed by atoms with van der Waals surface area (Å²) >= 11 is 0. The predicted octanol–water partition coefficient (Wildman–Crippen LogP) is 3.04. The van der Waals surface area contributed by atoms with Crippen molar-refractivity contribution in [3.8, 4) is 5.75 Å². The van der Waals surface area contributed by atoms with Crippen molar-refractivity contribution in [1.82, 2.24) is 5.32 Å². The van der Waals surface area contributed by atoms with E-state index in [4.69, 9.17) is 4.74 Å². The summed E-state index contributed by atoms with van der Waals surface area (Å²) in [6.45, 7) is 7.07. The molecule has 0 unspecified atom stereocenters. The van der Waals surface area contributed by atoms with Gasteiger partial charge in [0.05, 0.1) is 12.3 Å². The van der Waals surface area contributed by atoms with Gasteiger partial charge < -0.3 is 15.0 Å². The van der Waals surface area contributed by atoms with E-state index in [1.807, 2.05) is 0 Å². The van der Waals surface area contributed by atoms with Gasteiger partial charge in [0.15, 0.2) is 0 Å². The molecule has 1 fully saturated rings. The van der Waals surface area contributed by atoms with Crippen LogP contribution >= 0.6 is 0 Å². The minimum atomic E-state index is 0.775. The van der Waals surface area contributed by atoms with E-state index >= 15 is 0 Å². The van der Waals surface area contributed by atoms with Crippen LogP contribution in [0.2, 0.25) is 0 Å². The van der Waals surface area contributed by atoms with E-state index in [0.29, 0.717) is 0 Å². The summed E-state index contributed by atoms with van der Waals surface area (Å²) in [6, 6.07) is 12.9. The van der Waals surface area contributed by atoms with Crippen molar-refractivity contribution in [3.05, 3.63) is 36.4 Å². The van der Waals surface area contributed by atoms with Gasteiger partial charge in [-0.25, -0.2) is 0 Å². The molecule has 2 aromatic carbocycles. The molecule has 1 heterocycles. The van der Waals surface area contributed by atoms with Gasteiger partial charge in [-0.05, 0) is 17.9 Å². The summed E-state index contributed by atoms with van der Waals surface area (Å²) in [4.78, 5) is 2.45. The van der Waals surface area contributed by atoms with Crippen molar-refractivity contribution in [2.24, 2.45) is 0 Å². The zero-order chi connectivity index (χ0) is 13.8. The van der Waals surface area contributed by atoms with Crippen LogP contribution < -0.4 is 15.0 Å². The van der Waals surface area contributed by atoms with Crippen LogP contribution in [-0.4, -0.2) is 32.8 Å². The number of nitrogens with zero attached hydrogens (tertiary/aromatic N) is 1. The fourth-order valence-electron chi connectivity index (χ4n) is 2.78. The molecule has 1 N–H and O–H groups in total. The summed E-state index contributed by atoms with van der Waals surface area (Å²) in [7, 11) is 0. The van der Waals surface area contributed by atoms with E-state index in [9.17, 15) is 0 Å². The van der Waals surface area contributed by atoms with Crippen molar-refractivity contribution in [1.29, 1.82) is 0 Å². The van der Waals surface area contributed by atoms with Gasteiger partial charge in [0.1, 0.15) is 5.75 Å². The van der Waals surface area contributed by atoms with Gasteiger partial charge in [-0.3, -0.25) is 0 Å². The summed E-state index contributed by atoms with van der Waals surface area (Å²) in [6.07, 6.45) is 1.04. The number of nitrogens with one attached hydrogen (secondary N) is 1. The molecule has 0 spiro atoms. The Kier molecular flexibility index (Phi) is 4.07. The molecule has 0 saturated carbocycles. The van der Waals surface area contributed by atoms with E-state index in [2.05, 4.69) is 53.5 Å². The van der Waals surface area contributed by atoms with Gasteiger partial charge in [-0.15, -0.1) is 0 Å². The van der Waals surface area contributed by atoms with Gasteiger partial charge in [-0.2, -0.15) is 0 Å². The van der Waals surface area contributed by atoms with Crippen LogP contribution in [0.4, 0.5) is 5.69 Å². The van der Waals surface area contributed by atoms with Crippen LogP contribution in [0.3, 0.4) is 0 Å². The second kappa shape index (κ2) is 6.14. The number of benzene rings is 2. The standard InChI is InChI=1S/C17H22N2O/c1-2-13-20-16-8-7-14-5-3-4-6-15(14)17(16)19-11-9-18-10-12-19/h3-8,18H,2,9-13H2,1H3. The topological polar surface area (TPSA) is 24.5 Å². The van der Waals surface area contributed by atoms with Gasteiger partial charge in [0, 0.05) is 31.6 Å². The Labute approximate surface area is 120 Å². The van der Waals surface area contributed by atoms with Crippen molar-refractivity contribution in [2.75, 3.05) is 37.7 Å². The lowest BCUT2D eigenvalue weighted by Gasteiger charge is -2.32. The van der Waals surface area contributed by atoms with Crippen LogP contribution in [0, 0.1) is 0 Å². The van der Waals surface area contributed by atoms with Crippen LogP contribution in [0.1, 0.15) is 13.3 Å². The minimum absolute atomic E-state index is 0.775. The SMILES string of the molecule is CCCOc1ccc2ccccc2c1N1CCNCC1. The minimum Gasteiger partial charge on any atom is -0.491 e. The van der Waals surface area contributed by atoms with Gasteiger partial charge >= 0.3 is 0 Å². The van der Waals surface area contributed by atoms with E-state index in [0.717, 1.165) is 45.0 Å². The normalized spacial score (nSPS) is 15.6. The van der Waals surface area contributed by atoms with E-state index in [-0.39, 0.29) is 0 Å². The average Bonchev–Trinajstić information content (AvgIpc) is 2.53. The van der Waals surface area contributed by atoms with Crippen LogP contribution in [-0.2, 0) is 0 Å². The number of fused-ring (bicyclic) bond motifs is 1. The Morgan fingerprint density at radius 3 is 2.70 bits per heavy atom. The molecule has 0 bridgehead atoms. The third-order valence-corrected chi connectivity index (χ3v) is 3.76. The smallest absolute Gasteiger partial charge is 0.143 e. The molecule has 106 valence electrons. The summed E-state index contributed by atoms with van der Waals surface area (Å²) < 4.78 is 5.99. The maximum absolute atomic E-state index is 5.99. The first kappa shape index (κ1) is 13.3. The second-order valence-electron chi connectivity index (χ2n) is 5.22. The highest BCUT2D eigenvalue weighted by Gasteiger charge is 2.17. The van der Waals surface area contributed by atoms with Crippen molar-refractivity contribution in [2.45, 2.75) is 13.3 Å². The Bertz CT molecular complexity index is 576. The molecule has 0 atom stereocenters. The molecule has 0 amide bonds. The van der Waals surface area contributed by atoms with Gasteiger partial charge in [0.25, 0.3) is 0 Å². The zero-order valence-electron chi connectivity index (χ0n) is 12.1. The fraction of sp³-hybridized carbons (Fsp3) is 0.412. The number of rotatable bonds is 4. The Hall–Kier alpha value is -1.74. The predicted molar refractivity (Wildman–Crippen MR) is 84.8 cm³/mol. The molecular weight excluding hydrogens is 248 g/mol. The van der Waals surface area contributed by atoms with Gasteiger partial charge in [0.2, 0.25) is 0 Å². The lowest BCUT2D eigenvalue weighted by molar-refractivity contribution is 0.317. The highest BCUT2D eigenvalue weighted by Crippen LogP contribution is 2.36. The van der Waals surface area contributed by atoms with Crippen molar-refractivity contribution < 1.29 is 4.74 Å². The molecule has 0 aliphatic carbocycles. The fourth-order valence-corrected chi connectivity index (χ4v) is 2.78. The first-order valence-electron chi connectivity index (χ1n) is 7.50. The molecule has 1 saturated heterocycles. The number of hydrogen-bond acceptors (Lipinski definition) is 3. The van der Waals surface area contributed by atoms with E-state index < -0.39 is 0 Å². The third-order valence-electron chi connectivity index (χ3n) is 3.76. The lowest BCUT2D eigenvalue weighted by atomic mass is 10.1. The molecule has 20 heavy (non-hydrogen) atoms. The number of piperazine rings is 1. The number of hydrogen-bond donors (Lipinski definition) is 1. The highest BCUT2D eigenvalue weighted by molar-refractivity contribution is 5.97. The van der Waals surface area contributed by atoms with Gasteiger partial charge in [-0.1, -0.05) is 37.3 Å². The first-order chi connectivity index (χ1) is 9.90. The zero-order valence-corrected chi connectivity index (χ0v) is 12.1. The van der Waals surface area contributed by atoms with Crippen LogP contribution in [0.15, 0.2) is 36.4 Å². The Morgan fingerprint density at radius 2 is 1.90 bits per heavy atom. The van der Waals surface area contributed by atoms with E-state index in [1.165, 1.54) is 16.5 Å². The molecular formula is C17H22N2O. The van der Waals surface area contributed by atoms with Crippen molar-refractivity contribution >= 4 is 16.5 Å². The molecule has 2 aromatic rings. The molecule has 1 aliphatic heterocycles. The monoisotopic (exact) mass is 270 g/mol. The third kappa shape index (κ3) is 2.59. The molecule has 1 aliphatic rings. The van der Waals surface area contributed by atoms with Crippen LogP contribution in [0.5, 0.6) is 5.75 Å². The number of ether oxygens (including phenoxy) is 1. The molecule has 0 radical (unpaired) electrons. The summed E-state index contributed by atoms with van der Waals surface area (Å²) in [5.74, 6) is 1.02. The maximum atomic E-state index is 5.99. The molecule has 3 heteroatoms. The second-order valence-corrected chi connectivity index (χ2v) is 5.22. The summed E-state index contributed by atoms with van der Waals surface area (Å²) in [5.41, 5.74) is 1.26. The molecule has 3 rings (SSSR count). The first-order valence-corrected chi connectivity index (χ1v) is 7.50. The largest absolute Gasteiger partial charge is 0.491 e.